The average molecular weight is 157 g/mol. The number of nitrogens with zero attached hydrogens (tertiary/aromatic N) is 1. The van der Waals surface area contributed by atoms with E-state index in [2.05, 4.69) is 4.74 Å². The number of rotatable bonds is 1. The molecule has 0 spiro atoms. The summed E-state index contributed by atoms with van der Waals surface area (Å²) in [6, 6.07) is 0.211. The van der Waals surface area contributed by atoms with E-state index in [0.29, 0.717) is 6.54 Å². The summed E-state index contributed by atoms with van der Waals surface area (Å²) in [5, 5.41) is 0. The fraction of sp³-hybridized carbons (Fsp3) is 0.714. The molecular weight excluding hydrogens is 146 g/mol. The van der Waals surface area contributed by atoms with Crippen molar-refractivity contribution in [2.24, 2.45) is 0 Å². The van der Waals surface area contributed by atoms with Crippen molar-refractivity contribution in [2.45, 2.75) is 25.8 Å². The number of likely N-dealkylation sites (tertiary alicyclic amines) is 1. The monoisotopic (exact) mass is 157 g/mol. The first-order valence-electron chi connectivity index (χ1n) is 3.66. The van der Waals surface area contributed by atoms with Crippen LogP contribution < -0.4 is 0 Å². The van der Waals surface area contributed by atoms with E-state index in [9.17, 15) is 9.59 Å². The molecule has 1 saturated heterocycles. The van der Waals surface area contributed by atoms with E-state index in [0.717, 1.165) is 12.8 Å². The Morgan fingerprint density at radius 2 is 2.45 bits per heavy atom. The highest BCUT2D eigenvalue weighted by Gasteiger charge is 2.25. The summed E-state index contributed by atoms with van der Waals surface area (Å²) in [4.78, 5) is 22.3. The molecule has 62 valence electrons. The molecule has 1 aliphatic rings. The van der Waals surface area contributed by atoms with Gasteiger partial charge in [-0.25, -0.2) is 4.79 Å². The minimum absolute atomic E-state index is 0.174. The second-order valence-corrected chi connectivity index (χ2v) is 2.66. The van der Waals surface area contributed by atoms with Crippen molar-refractivity contribution in [1.82, 2.24) is 4.90 Å². The minimum atomic E-state index is -0.523. The average Bonchev–Trinajstić information content (AvgIpc) is 2.36. The zero-order valence-corrected chi connectivity index (χ0v) is 6.45. The first-order chi connectivity index (χ1) is 5.25. The van der Waals surface area contributed by atoms with Crippen LogP contribution in [0.3, 0.4) is 0 Å². The summed E-state index contributed by atoms with van der Waals surface area (Å²) in [6.45, 7) is 2.82. The smallest absolute Gasteiger partial charge is 0.379 e. The maximum absolute atomic E-state index is 10.9. The Balaban J connectivity index is 2.45. The van der Waals surface area contributed by atoms with Crippen LogP contribution in [-0.4, -0.2) is 30.1 Å². The summed E-state index contributed by atoms with van der Waals surface area (Å²) >= 11 is 0. The lowest BCUT2D eigenvalue weighted by Crippen LogP contribution is -2.33. The third-order valence-electron chi connectivity index (χ3n) is 1.94. The van der Waals surface area contributed by atoms with Gasteiger partial charge in [0.15, 0.2) is 0 Å². The van der Waals surface area contributed by atoms with Gasteiger partial charge < -0.3 is 9.64 Å². The highest BCUT2D eigenvalue weighted by molar-refractivity contribution is 5.75. The molecule has 1 aliphatic heterocycles. The van der Waals surface area contributed by atoms with Gasteiger partial charge in [0.1, 0.15) is 0 Å². The van der Waals surface area contributed by atoms with Crippen LogP contribution in [-0.2, 0) is 9.53 Å². The molecule has 0 aliphatic carbocycles. The van der Waals surface area contributed by atoms with Gasteiger partial charge in [-0.15, -0.1) is 0 Å². The second kappa shape index (κ2) is 3.37. The summed E-state index contributed by atoms with van der Waals surface area (Å²) in [7, 11) is 0. The highest BCUT2D eigenvalue weighted by Crippen LogP contribution is 2.16. The van der Waals surface area contributed by atoms with Gasteiger partial charge in [-0.1, -0.05) is 0 Å². The predicted octanol–water partition coefficient (Wildman–Crippen LogP) is 0.764. The van der Waals surface area contributed by atoms with E-state index in [1.54, 1.807) is 4.90 Å². The van der Waals surface area contributed by atoms with Gasteiger partial charge in [-0.3, -0.25) is 4.79 Å². The Kier molecular flexibility index (Phi) is 2.46. The van der Waals surface area contributed by atoms with Crippen molar-refractivity contribution in [3.63, 3.8) is 0 Å². The maximum atomic E-state index is 10.9. The summed E-state index contributed by atoms with van der Waals surface area (Å²) in [6.07, 6.45) is 1.47. The lowest BCUT2D eigenvalue weighted by molar-refractivity contribution is -0.124. The molecule has 0 aromatic carbocycles. The number of amides is 1. The fourth-order valence-electron chi connectivity index (χ4n) is 1.31. The Bertz CT molecular complexity index is 169. The summed E-state index contributed by atoms with van der Waals surface area (Å²) in [5.41, 5.74) is 0. The highest BCUT2D eigenvalue weighted by atomic mass is 16.6. The molecule has 1 amide bonds. The standard InChI is InChI=1S/C7H11NO3/c1-6-3-2-4-8(6)7(10)11-5-9/h5-6H,2-4H2,1H3. The van der Waals surface area contributed by atoms with Crippen LogP contribution in [0.1, 0.15) is 19.8 Å². The Morgan fingerprint density at radius 3 is 2.91 bits per heavy atom. The van der Waals surface area contributed by atoms with E-state index in [1.807, 2.05) is 6.92 Å². The van der Waals surface area contributed by atoms with Crippen molar-refractivity contribution in [2.75, 3.05) is 6.54 Å². The molecule has 1 atom stereocenters. The summed E-state index contributed by atoms with van der Waals surface area (Å²) in [5.74, 6) is 0. The molecule has 0 radical (unpaired) electrons. The number of hydrogen-bond acceptors (Lipinski definition) is 3. The molecule has 11 heavy (non-hydrogen) atoms. The van der Waals surface area contributed by atoms with Gasteiger partial charge >= 0.3 is 12.6 Å². The van der Waals surface area contributed by atoms with Gasteiger partial charge in [-0.05, 0) is 19.8 Å². The molecule has 1 rings (SSSR count). The topological polar surface area (TPSA) is 46.6 Å². The molecule has 0 bridgehead atoms. The van der Waals surface area contributed by atoms with E-state index >= 15 is 0 Å². The minimum Gasteiger partial charge on any atom is -0.379 e. The van der Waals surface area contributed by atoms with E-state index < -0.39 is 6.09 Å². The van der Waals surface area contributed by atoms with Crippen LogP contribution in [0.5, 0.6) is 0 Å². The molecule has 0 N–H and O–H groups in total. The largest absolute Gasteiger partial charge is 0.417 e. The van der Waals surface area contributed by atoms with E-state index in [4.69, 9.17) is 0 Å². The van der Waals surface area contributed by atoms with Crippen LogP contribution in [0.2, 0.25) is 0 Å². The van der Waals surface area contributed by atoms with E-state index in [-0.39, 0.29) is 12.5 Å². The third-order valence-corrected chi connectivity index (χ3v) is 1.94. The number of hydrogen-bond donors (Lipinski definition) is 0. The zero-order chi connectivity index (χ0) is 8.27. The number of carbonyl (C=O) groups is 2. The van der Waals surface area contributed by atoms with Crippen molar-refractivity contribution in [3.8, 4) is 0 Å². The first kappa shape index (κ1) is 8.04. The van der Waals surface area contributed by atoms with Gasteiger partial charge in [0.2, 0.25) is 0 Å². The molecule has 0 aromatic heterocycles. The molecule has 1 fully saturated rings. The van der Waals surface area contributed by atoms with Gasteiger partial charge in [0.25, 0.3) is 0 Å². The molecule has 0 aromatic rings. The second-order valence-electron chi connectivity index (χ2n) is 2.66. The lowest BCUT2D eigenvalue weighted by Gasteiger charge is -2.18. The van der Waals surface area contributed by atoms with Crippen LogP contribution in [0.15, 0.2) is 0 Å². The Hall–Kier alpha value is -1.06. The van der Waals surface area contributed by atoms with Crippen LogP contribution >= 0.6 is 0 Å². The lowest BCUT2D eigenvalue weighted by atomic mass is 10.2. The zero-order valence-electron chi connectivity index (χ0n) is 6.45. The number of ether oxygens (including phenoxy) is 1. The third kappa shape index (κ3) is 1.69. The molecule has 1 heterocycles. The van der Waals surface area contributed by atoms with E-state index in [1.165, 1.54) is 0 Å². The normalized spacial score (nSPS) is 23.4. The Labute approximate surface area is 65.1 Å². The van der Waals surface area contributed by atoms with Crippen molar-refractivity contribution in [3.05, 3.63) is 0 Å². The van der Waals surface area contributed by atoms with Crippen LogP contribution in [0.4, 0.5) is 4.79 Å². The first-order valence-corrected chi connectivity index (χ1v) is 3.66. The quantitative estimate of drug-likeness (QED) is 0.417. The molecule has 4 heteroatoms. The van der Waals surface area contributed by atoms with Gasteiger partial charge in [0.05, 0.1) is 0 Å². The molecule has 0 saturated carbocycles. The molecule has 1 unspecified atom stereocenters. The maximum Gasteiger partial charge on any atom is 0.417 e. The molecular formula is C7H11NO3. The van der Waals surface area contributed by atoms with Crippen molar-refractivity contribution >= 4 is 12.6 Å². The van der Waals surface area contributed by atoms with Crippen molar-refractivity contribution < 1.29 is 14.3 Å². The van der Waals surface area contributed by atoms with Crippen LogP contribution in [0.25, 0.3) is 0 Å². The molecule has 4 nitrogen and oxygen atoms in total. The van der Waals surface area contributed by atoms with Crippen LogP contribution in [0, 0.1) is 0 Å². The fourth-order valence-corrected chi connectivity index (χ4v) is 1.31. The Morgan fingerprint density at radius 1 is 1.73 bits per heavy atom. The SMILES string of the molecule is CC1CCCN1C(=O)OC=O. The van der Waals surface area contributed by atoms with Crippen molar-refractivity contribution in [1.29, 1.82) is 0 Å². The van der Waals surface area contributed by atoms with Gasteiger partial charge in [0, 0.05) is 12.6 Å². The van der Waals surface area contributed by atoms with Gasteiger partial charge in [-0.2, -0.15) is 0 Å². The summed E-state index contributed by atoms with van der Waals surface area (Å²) < 4.78 is 4.20. The number of carbonyl (C=O) groups excluding carboxylic acids is 2. The predicted molar refractivity (Wildman–Crippen MR) is 37.9 cm³/mol.